The van der Waals surface area contributed by atoms with E-state index in [2.05, 4.69) is 32.1 Å². The highest BCUT2D eigenvalue weighted by molar-refractivity contribution is 5.85. The summed E-state index contributed by atoms with van der Waals surface area (Å²) < 4.78 is 0. The molecule has 4 rings (SSSR count). The Kier molecular flexibility index (Phi) is 4.22. The molecule has 0 spiro atoms. The number of fused-ring (bicyclic) bond motifs is 2. The van der Waals surface area contributed by atoms with Crippen LogP contribution in [0.1, 0.15) is 38.3 Å². The molecule has 4 heterocycles. The van der Waals surface area contributed by atoms with Crippen LogP contribution in [0.15, 0.2) is 36.8 Å². The number of nitrogen functional groups attached to an aromatic ring is 1. The molecule has 2 aliphatic heterocycles. The topological polar surface area (TPSA) is 97.0 Å². The molecule has 0 aromatic carbocycles. The molecule has 3 atom stereocenters. The van der Waals surface area contributed by atoms with Crippen LogP contribution in [-0.4, -0.2) is 32.9 Å². The first kappa shape index (κ1) is 16.8. The van der Waals surface area contributed by atoms with E-state index in [1.165, 1.54) is 6.33 Å². The number of nitrogens with two attached hydrogens (primary N) is 1. The van der Waals surface area contributed by atoms with E-state index in [-0.39, 0.29) is 11.9 Å². The first-order valence-corrected chi connectivity index (χ1v) is 9.18. The van der Waals surface area contributed by atoms with Gasteiger partial charge in [0.2, 0.25) is 5.91 Å². The molecule has 2 saturated heterocycles. The second kappa shape index (κ2) is 6.55. The van der Waals surface area contributed by atoms with Crippen molar-refractivity contribution in [1.82, 2.24) is 20.3 Å². The van der Waals surface area contributed by atoms with Gasteiger partial charge in [-0.2, -0.15) is 0 Å². The third-order valence-corrected chi connectivity index (χ3v) is 5.92. The lowest BCUT2D eigenvalue weighted by Gasteiger charge is -2.35. The highest BCUT2D eigenvalue weighted by Crippen LogP contribution is 2.53. The van der Waals surface area contributed by atoms with Crippen molar-refractivity contribution in [3.8, 4) is 0 Å². The lowest BCUT2D eigenvalue weighted by atomic mass is 9.71. The number of anilines is 2. The Balaban J connectivity index is 1.55. The maximum absolute atomic E-state index is 13.2. The van der Waals surface area contributed by atoms with Crippen molar-refractivity contribution in [3.05, 3.63) is 42.5 Å². The van der Waals surface area contributed by atoms with Gasteiger partial charge in [0, 0.05) is 24.3 Å². The quantitative estimate of drug-likeness (QED) is 0.853. The predicted octanol–water partition coefficient (Wildman–Crippen LogP) is 1.91. The van der Waals surface area contributed by atoms with Crippen molar-refractivity contribution >= 4 is 17.5 Å². The van der Waals surface area contributed by atoms with Gasteiger partial charge in [-0.25, -0.2) is 9.97 Å². The van der Waals surface area contributed by atoms with Gasteiger partial charge in [-0.15, -0.1) is 0 Å². The molecular formula is C19H24N6O. The van der Waals surface area contributed by atoms with Crippen LogP contribution >= 0.6 is 0 Å². The smallest absolute Gasteiger partial charge is 0.228 e. The van der Waals surface area contributed by atoms with Crippen molar-refractivity contribution in [2.75, 3.05) is 10.6 Å². The number of nitrogens with zero attached hydrogens (tertiary/aromatic N) is 4. The Bertz CT molecular complexity index is 798. The second-order valence-electron chi connectivity index (χ2n) is 7.17. The molecule has 2 bridgehead atoms. The van der Waals surface area contributed by atoms with Crippen molar-refractivity contribution in [1.29, 1.82) is 0 Å². The molecule has 2 aromatic heterocycles. The lowest BCUT2D eigenvalue weighted by molar-refractivity contribution is -0.132. The van der Waals surface area contributed by atoms with Gasteiger partial charge < -0.3 is 16.0 Å². The Morgan fingerprint density at radius 2 is 2.23 bits per heavy atom. The summed E-state index contributed by atoms with van der Waals surface area (Å²) in [6.45, 7) is 2.56. The van der Waals surface area contributed by atoms with E-state index < -0.39 is 5.41 Å². The Labute approximate surface area is 153 Å². The number of nitrogens with one attached hydrogen (secondary N) is 1. The third kappa shape index (κ3) is 2.67. The molecule has 0 aliphatic carbocycles. The number of carbonyl (C=O) groups excluding carboxylic acids is 1. The fourth-order valence-corrected chi connectivity index (χ4v) is 4.67. The van der Waals surface area contributed by atoms with Crippen LogP contribution < -0.4 is 16.0 Å². The summed E-state index contributed by atoms with van der Waals surface area (Å²) in [5, 5.41) is 3.12. The van der Waals surface area contributed by atoms with Crippen molar-refractivity contribution in [2.24, 2.45) is 5.41 Å². The third-order valence-electron chi connectivity index (χ3n) is 5.92. The highest BCUT2D eigenvalue weighted by Gasteiger charge is 2.59. The van der Waals surface area contributed by atoms with Gasteiger partial charge >= 0.3 is 0 Å². The van der Waals surface area contributed by atoms with Gasteiger partial charge in [0.1, 0.15) is 18.0 Å². The largest absolute Gasteiger partial charge is 0.384 e. The minimum absolute atomic E-state index is 0.116. The first-order chi connectivity index (χ1) is 12.6. The summed E-state index contributed by atoms with van der Waals surface area (Å²) in [6.07, 6.45) is 6.99. The average Bonchev–Trinajstić information content (AvgIpc) is 3.23. The minimum atomic E-state index is -0.391. The van der Waals surface area contributed by atoms with Crippen LogP contribution in [0, 0.1) is 5.41 Å². The molecule has 1 amide bonds. The molecule has 7 nitrogen and oxygen atoms in total. The van der Waals surface area contributed by atoms with E-state index >= 15 is 0 Å². The number of rotatable bonds is 5. The van der Waals surface area contributed by atoms with E-state index in [0.29, 0.717) is 18.4 Å². The maximum atomic E-state index is 13.2. The van der Waals surface area contributed by atoms with Gasteiger partial charge in [-0.1, -0.05) is 13.0 Å². The van der Waals surface area contributed by atoms with E-state index in [9.17, 15) is 4.79 Å². The molecule has 0 radical (unpaired) electrons. The molecular weight excluding hydrogens is 328 g/mol. The van der Waals surface area contributed by atoms with Crippen molar-refractivity contribution in [2.45, 2.75) is 51.2 Å². The van der Waals surface area contributed by atoms with Crippen LogP contribution in [-0.2, 0) is 11.3 Å². The number of hydrogen-bond acceptors (Lipinski definition) is 6. The molecule has 26 heavy (non-hydrogen) atoms. The van der Waals surface area contributed by atoms with Crippen LogP contribution in [0.3, 0.4) is 0 Å². The second-order valence-corrected chi connectivity index (χ2v) is 7.17. The predicted molar refractivity (Wildman–Crippen MR) is 99.2 cm³/mol. The number of hydrogen-bond donors (Lipinski definition) is 2. The van der Waals surface area contributed by atoms with Gasteiger partial charge in [-0.05, 0) is 37.8 Å². The number of carbonyl (C=O) groups is 1. The summed E-state index contributed by atoms with van der Waals surface area (Å²) in [5.74, 6) is 1.41. The molecule has 2 aliphatic rings. The SMILES string of the molecule is CC[C@]1(C(=O)NCc2ccccn2)C[C@H]2CC[C@@H]1N2c1cc(N)ncn1. The standard InChI is InChI=1S/C19H24N6O/c1-2-19(18(26)22-11-13-5-3-4-8-21-13)10-14-6-7-15(19)25(14)17-9-16(20)23-12-24-17/h3-5,8-9,12,14-15H,2,6-7,10-11H2,1H3,(H,22,26)(H2,20,23,24)/t14-,15+,19+/m1/s1. The van der Waals surface area contributed by atoms with Crippen molar-refractivity contribution in [3.63, 3.8) is 0 Å². The summed E-state index contributed by atoms with van der Waals surface area (Å²) in [7, 11) is 0. The van der Waals surface area contributed by atoms with Crippen molar-refractivity contribution < 1.29 is 4.79 Å². The van der Waals surface area contributed by atoms with E-state index in [4.69, 9.17) is 5.73 Å². The summed E-state index contributed by atoms with van der Waals surface area (Å²) in [5.41, 5.74) is 6.33. The average molecular weight is 352 g/mol. The summed E-state index contributed by atoms with van der Waals surface area (Å²) in [4.78, 5) is 28.2. The Morgan fingerprint density at radius 3 is 2.96 bits per heavy atom. The summed E-state index contributed by atoms with van der Waals surface area (Å²) in [6, 6.07) is 8.02. The van der Waals surface area contributed by atoms with Crippen LogP contribution in [0.2, 0.25) is 0 Å². The van der Waals surface area contributed by atoms with Gasteiger partial charge in [0.25, 0.3) is 0 Å². The van der Waals surface area contributed by atoms with Crippen LogP contribution in [0.25, 0.3) is 0 Å². The zero-order chi connectivity index (χ0) is 18.1. The number of amides is 1. The van der Waals surface area contributed by atoms with Gasteiger partial charge in [0.15, 0.2) is 0 Å². The fraction of sp³-hybridized carbons (Fsp3) is 0.474. The fourth-order valence-electron chi connectivity index (χ4n) is 4.67. The van der Waals surface area contributed by atoms with E-state index in [0.717, 1.165) is 37.2 Å². The molecule has 136 valence electrons. The Morgan fingerprint density at radius 1 is 1.35 bits per heavy atom. The van der Waals surface area contributed by atoms with E-state index in [1.54, 1.807) is 6.20 Å². The molecule has 7 heteroatoms. The molecule has 0 saturated carbocycles. The maximum Gasteiger partial charge on any atom is 0.228 e. The molecule has 3 N–H and O–H groups in total. The lowest BCUT2D eigenvalue weighted by Crippen LogP contribution is -2.48. The van der Waals surface area contributed by atoms with Crippen LogP contribution in [0.4, 0.5) is 11.6 Å². The summed E-state index contributed by atoms with van der Waals surface area (Å²) >= 11 is 0. The minimum Gasteiger partial charge on any atom is -0.384 e. The zero-order valence-corrected chi connectivity index (χ0v) is 14.9. The number of aromatic nitrogens is 3. The molecule has 0 unspecified atom stereocenters. The van der Waals surface area contributed by atoms with E-state index in [1.807, 2.05) is 24.3 Å². The molecule has 2 aromatic rings. The van der Waals surface area contributed by atoms with Gasteiger partial charge in [0.05, 0.1) is 17.7 Å². The highest BCUT2D eigenvalue weighted by atomic mass is 16.2. The number of pyridine rings is 1. The molecule has 2 fully saturated rings. The first-order valence-electron chi connectivity index (χ1n) is 9.18. The zero-order valence-electron chi connectivity index (χ0n) is 14.9. The van der Waals surface area contributed by atoms with Crippen LogP contribution in [0.5, 0.6) is 0 Å². The van der Waals surface area contributed by atoms with Gasteiger partial charge in [-0.3, -0.25) is 9.78 Å². The monoisotopic (exact) mass is 352 g/mol. The normalized spacial score (nSPS) is 26.9. The Hall–Kier alpha value is -2.70.